The summed E-state index contributed by atoms with van der Waals surface area (Å²) in [5, 5.41) is 0. The van der Waals surface area contributed by atoms with Crippen molar-refractivity contribution in [2.75, 3.05) is 0 Å². The molecule has 0 N–H and O–H groups in total. The molecule has 0 aromatic carbocycles. The van der Waals surface area contributed by atoms with Crippen LogP contribution in [0.3, 0.4) is 0 Å². The van der Waals surface area contributed by atoms with E-state index in [1.165, 1.54) is 0 Å². The van der Waals surface area contributed by atoms with Gasteiger partial charge in [0.2, 0.25) is 0 Å². The van der Waals surface area contributed by atoms with Gasteiger partial charge in [0.15, 0.2) is 0 Å². The zero-order valence-electron chi connectivity index (χ0n) is 12.5. The Morgan fingerprint density at radius 2 is 1.06 bits per heavy atom. The second-order valence-electron chi connectivity index (χ2n) is 7.73. The van der Waals surface area contributed by atoms with E-state index in [4.69, 9.17) is 0 Å². The number of carbonyl (C=O) groups is 1. The van der Waals surface area contributed by atoms with Crippen LogP contribution in [-0.4, -0.2) is 5.78 Å². The van der Waals surface area contributed by atoms with Crippen molar-refractivity contribution in [1.29, 1.82) is 0 Å². The highest BCUT2D eigenvalue weighted by Crippen LogP contribution is 2.30. The monoisotopic (exact) mass is 226 g/mol. The minimum Gasteiger partial charge on any atom is -0.299 e. The fraction of sp³-hybridized carbons (Fsp3) is 0.933. The predicted octanol–water partition coefficient (Wildman–Crippen LogP) is 4.70. The van der Waals surface area contributed by atoms with Crippen LogP contribution in [0.1, 0.15) is 68.2 Å². The van der Waals surface area contributed by atoms with E-state index in [-0.39, 0.29) is 22.7 Å². The molecule has 0 aliphatic carbocycles. The minimum absolute atomic E-state index is 0.192. The van der Waals surface area contributed by atoms with Gasteiger partial charge in [-0.15, -0.1) is 0 Å². The first-order valence-electron chi connectivity index (χ1n) is 6.46. The summed E-state index contributed by atoms with van der Waals surface area (Å²) in [4.78, 5) is 12.2. The molecular weight excluding hydrogens is 196 g/mol. The van der Waals surface area contributed by atoms with Crippen LogP contribution >= 0.6 is 0 Å². The Balaban J connectivity index is 4.34. The highest BCUT2D eigenvalue weighted by Gasteiger charge is 2.27. The Hall–Kier alpha value is -0.330. The Labute approximate surface area is 102 Å². The first kappa shape index (κ1) is 15.7. The Kier molecular flexibility index (Phi) is 5.22. The van der Waals surface area contributed by atoms with Crippen LogP contribution in [0.4, 0.5) is 0 Å². The van der Waals surface area contributed by atoms with E-state index in [0.29, 0.717) is 5.78 Å². The molecule has 0 heterocycles. The van der Waals surface area contributed by atoms with E-state index in [2.05, 4.69) is 55.4 Å². The lowest BCUT2D eigenvalue weighted by molar-refractivity contribution is -0.127. The Bertz CT molecular complexity index is 203. The summed E-state index contributed by atoms with van der Waals surface area (Å²) in [5.41, 5.74) is 0.493. The zero-order chi connectivity index (χ0) is 13.1. The minimum atomic E-state index is 0.192. The standard InChI is InChI=1S/C15H30O/c1-11(9-14(3,4)5)13(16)12(2)10-15(6,7)8/h11-12H,9-10H2,1-8H3. The molecule has 0 saturated heterocycles. The molecule has 0 amide bonds. The van der Waals surface area contributed by atoms with Gasteiger partial charge in [-0.1, -0.05) is 55.4 Å². The maximum atomic E-state index is 12.2. The van der Waals surface area contributed by atoms with Crippen molar-refractivity contribution in [3.8, 4) is 0 Å². The third kappa shape index (κ3) is 7.03. The van der Waals surface area contributed by atoms with Crippen LogP contribution in [-0.2, 0) is 4.79 Å². The smallest absolute Gasteiger partial charge is 0.138 e. The molecule has 96 valence electrons. The molecule has 0 fully saturated rings. The predicted molar refractivity (Wildman–Crippen MR) is 71.5 cm³/mol. The molecule has 1 heteroatoms. The number of hydrogen-bond acceptors (Lipinski definition) is 1. The van der Waals surface area contributed by atoms with E-state index in [1.54, 1.807) is 0 Å². The van der Waals surface area contributed by atoms with Crippen LogP contribution in [0.15, 0.2) is 0 Å². The molecule has 0 radical (unpaired) electrons. The second kappa shape index (κ2) is 5.33. The van der Waals surface area contributed by atoms with Crippen molar-refractivity contribution < 1.29 is 4.79 Å². The molecular formula is C15H30O. The largest absolute Gasteiger partial charge is 0.299 e. The highest BCUT2D eigenvalue weighted by molar-refractivity contribution is 5.82. The number of hydrogen-bond donors (Lipinski definition) is 0. The summed E-state index contributed by atoms with van der Waals surface area (Å²) in [6.45, 7) is 17.3. The molecule has 0 rings (SSSR count). The van der Waals surface area contributed by atoms with Gasteiger partial charge >= 0.3 is 0 Å². The van der Waals surface area contributed by atoms with Gasteiger partial charge in [-0.2, -0.15) is 0 Å². The molecule has 0 aliphatic heterocycles. The van der Waals surface area contributed by atoms with Crippen molar-refractivity contribution >= 4 is 5.78 Å². The summed E-state index contributed by atoms with van der Waals surface area (Å²) in [6.07, 6.45) is 1.97. The van der Waals surface area contributed by atoms with E-state index in [0.717, 1.165) is 12.8 Å². The molecule has 0 bridgehead atoms. The summed E-state index contributed by atoms with van der Waals surface area (Å²) >= 11 is 0. The number of rotatable bonds is 4. The van der Waals surface area contributed by atoms with Crippen molar-refractivity contribution in [3.05, 3.63) is 0 Å². The molecule has 0 aliphatic rings. The molecule has 0 saturated carbocycles. The summed E-state index contributed by atoms with van der Waals surface area (Å²) in [5.74, 6) is 0.819. The lowest BCUT2D eigenvalue weighted by atomic mass is 9.77. The number of Topliss-reactive ketones (excluding diaryl/α,β-unsaturated/α-hetero) is 1. The number of ketones is 1. The number of carbonyl (C=O) groups excluding carboxylic acids is 1. The molecule has 2 unspecified atom stereocenters. The van der Waals surface area contributed by atoms with E-state index in [1.807, 2.05) is 0 Å². The second-order valence-corrected chi connectivity index (χ2v) is 7.73. The van der Waals surface area contributed by atoms with Gasteiger partial charge in [0.25, 0.3) is 0 Å². The molecule has 16 heavy (non-hydrogen) atoms. The molecule has 1 nitrogen and oxygen atoms in total. The molecule has 2 atom stereocenters. The lowest BCUT2D eigenvalue weighted by Crippen LogP contribution is -2.26. The van der Waals surface area contributed by atoms with Gasteiger partial charge in [-0.3, -0.25) is 4.79 Å². The average Bonchev–Trinajstić information content (AvgIpc) is 1.96. The third-order valence-electron chi connectivity index (χ3n) is 2.81. The summed E-state index contributed by atoms with van der Waals surface area (Å²) < 4.78 is 0. The Morgan fingerprint density at radius 3 is 1.25 bits per heavy atom. The first-order valence-corrected chi connectivity index (χ1v) is 6.46. The van der Waals surface area contributed by atoms with E-state index >= 15 is 0 Å². The first-order chi connectivity index (χ1) is 6.92. The average molecular weight is 226 g/mol. The fourth-order valence-electron chi connectivity index (χ4n) is 2.52. The SMILES string of the molecule is CC(CC(C)(C)C)C(=O)C(C)CC(C)(C)C. The van der Waals surface area contributed by atoms with Crippen molar-refractivity contribution in [1.82, 2.24) is 0 Å². The molecule has 0 spiro atoms. The van der Waals surface area contributed by atoms with Gasteiger partial charge in [0.1, 0.15) is 5.78 Å². The van der Waals surface area contributed by atoms with E-state index in [9.17, 15) is 4.79 Å². The topological polar surface area (TPSA) is 17.1 Å². The lowest BCUT2D eigenvalue weighted by Gasteiger charge is -2.27. The third-order valence-corrected chi connectivity index (χ3v) is 2.81. The maximum Gasteiger partial charge on any atom is 0.138 e. The van der Waals surface area contributed by atoms with Gasteiger partial charge in [0, 0.05) is 11.8 Å². The van der Waals surface area contributed by atoms with Crippen LogP contribution in [0.5, 0.6) is 0 Å². The maximum absolute atomic E-state index is 12.2. The van der Waals surface area contributed by atoms with Crippen molar-refractivity contribution in [3.63, 3.8) is 0 Å². The quantitative estimate of drug-likeness (QED) is 0.679. The molecule has 0 aromatic heterocycles. The van der Waals surface area contributed by atoms with Crippen LogP contribution in [0.25, 0.3) is 0 Å². The summed E-state index contributed by atoms with van der Waals surface area (Å²) in [6, 6.07) is 0. The fourth-order valence-corrected chi connectivity index (χ4v) is 2.52. The summed E-state index contributed by atoms with van der Waals surface area (Å²) in [7, 11) is 0. The van der Waals surface area contributed by atoms with Crippen LogP contribution in [0, 0.1) is 22.7 Å². The Morgan fingerprint density at radius 1 is 0.812 bits per heavy atom. The van der Waals surface area contributed by atoms with Gasteiger partial charge in [-0.25, -0.2) is 0 Å². The zero-order valence-corrected chi connectivity index (χ0v) is 12.5. The highest BCUT2D eigenvalue weighted by atomic mass is 16.1. The van der Waals surface area contributed by atoms with Gasteiger partial charge in [-0.05, 0) is 23.7 Å². The van der Waals surface area contributed by atoms with Crippen LogP contribution < -0.4 is 0 Å². The van der Waals surface area contributed by atoms with Crippen LogP contribution in [0.2, 0.25) is 0 Å². The molecule has 0 aromatic rings. The van der Waals surface area contributed by atoms with Gasteiger partial charge < -0.3 is 0 Å². The van der Waals surface area contributed by atoms with E-state index < -0.39 is 0 Å². The van der Waals surface area contributed by atoms with Crippen molar-refractivity contribution in [2.45, 2.75) is 68.2 Å². The van der Waals surface area contributed by atoms with Crippen molar-refractivity contribution in [2.24, 2.45) is 22.7 Å². The van der Waals surface area contributed by atoms with Gasteiger partial charge in [0.05, 0.1) is 0 Å². The normalized spacial score (nSPS) is 17.0.